The summed E-state index contributed by atoms with van der Waals surface area (Å²) in [6.45, 7) is 8.40. The van der Waals surface area contributed by atoms with E-state index >= 15 is 0 Å². The third-order valence-electron chi connectivity index (χ3n) is 3.72. The van der Waals surface area contributed by atoms with Crippen LogP contribution in [-0.4, -0.2) is 29.6 Å². The fraction of sp³-hybridized carbons (Fsp3) is 0.444. The van der Waals surface area contributed by atoms with Crippen molar-refractivity contribution < 1.29 is 4.52 Å². The fourth-order valence-electron chi connectivity index (χ4n) is 2.34. The third-order valence-corrected chi connectivity index (χ3v) is 3.72. The van der Waals surface area contributed by atoms with Crippen LogP contribution in [0.1, 0.15) is 36.4 Å². The fourth-order valence-corrected chi connectivity index (χ4v) is 2.34. The van der Waals surface area contributed by atoms with Crippen LogP contribution in [0.15, 0.2) is 39.8 Å². The molecule has 0 bridgehead atoms. The highest BCUT2D eigenvalue weighted by molar-refractivity contribution is 5.79. The van der Waals surface area contributed by atoms with Crippen LogP contribution in [0, 0.1) is 6.92 Å². The van der Waals surface area contributed by atoms with Crippen LogP contribution in [0.2, 0.25) is 0 Å². The van der Waals surface area contributed by atoms with Gasteiger partial charge >= 0.3 is 0 Å². The summed E-state index contributed by atoms with van der Waals surface area (Å²) in [4.78, 5) is 6.78. The van der Waals surface area contributed by atoms with E-state index in [1.807, 2.05) is 13.1 Å². The van der Waals surface area contributed by atoms with Gasteiger partial charge in [-0.25, -0.2) is 4.99 Å². The van der Waals surface area contributed by atoms with Crippen LogP contribution in [0.3, 0.4) is 0 Å². The first kappa shape index (κ1) is 17.1. The number of aliphatic imine (C=N–C) groups is 1. The molecule has 1 N–H and O–H groups in total. The van der Waals surface area contributed by atoms with E-state index < -0.39 is 0 Å². The first-order chi connectivity index (χ1) is 11.1. The minimum atomic E-state index is 0.493. The summed E-state index contributed by atoms with van der Waals surface area (Å²) in [6, 6.07) is 10.4. The van der Waals surface area contributed by atoms with E-state index in [2.05, 4.69) is 65.4 Å². The molecule has 0 fully saturated rings. The SMILES string of the molecule is CCNC(=NCc1cc(CC)no1)N(C)Cc1ccccc1C. The maximum absolute atomic E-state index is 5.30. The quantitative estimate of drug-likeness (QED) is 0.657. The largest absolute Gasteiger partial charge is 0.359 e. The van der Waals surface area contributed by atoms with Crippen LogP contribution >= 0.6 is 0 Å². The van der Waals surface area contributed by atoms with Crippen molar-refractivity contribution in [3.05, 3.63) is 52.9 Å². The average Bonchev–Trinajstić information content (AvgIpc) is 3.01. The van der Waals surface area contributed by atoms with Gasteiger partial charge in [0, 0.05) is 26.2 Å². The summed E-state index contributed by atoms with van der Waals surface area (Å²) in [7, 11) is 2.05. The number of nitrogens with one attached hydrogen (secondary N) is 1. The van der Waals surface area contributed by atoms with Gasteiger partial charge in [0.2, 0.25) is 0 Å². The zero-order valence-electron chi connectivity index (χ0n) is 14.5. The highest BCUT2D eigenvalue weighted by Gasteiger charge is 2.09. The lowest BCUT2D eigenvalue weighted by atomic mass is 10.1. The monoisotopic (exact) mass is 314 g/mol. The van der Waals surface area contributed by atoms with E-state index in [1.165, 1.54) is 11.1 Å². The number of rotatable bonds is 6. The van der Waals surface area contributed by atoms with E-state index in [4.69, 9.17) is 4.52 Å². The van der Waals surface area contributed by atoms with Gasteiger partial charge in [0.15, 0.2) is 11.7 Å². The molecule has 1 heterocycles. The van der Waals surface area contributed by atoms with E-state index in [0.717, 1.165) is 36.9 Å². The lowest BCUT2D eigenvalue weighted by Crippen LogP contribution is -2.38. The summed E-state index contributed by atoms with van der Waals surface area (Å²) >= 11 is 0. The molecule has 1 aromatic heterocycles. The number of guanidine groups is 1. The summed E-state index contributed by atoms with van der Waals surface area (Å²) in [5, 5.41) is 7.33. The van der Waals surface area contributed by atoms with Gasteiger partial charge in [-0.2, -0.15) is 0 Å². The molecule has 0 aliphatic heterocycles. The Kier molecular flexibility index (Phi) is 6.20. The molecule has 0 atom stereocenters. The number of aryl methyl sites for hydroxylation is 2. The van der Waals surface area contributed by atoms with Gasteiger partial charge in [-0.1, -0.05) is 36.3 Å². The highest BCUT2D eigenvalue weighted by atomic mass is 16.5. The van der Waals surface area contributed by atoms with Gasteiger partial charge in [0.1, 0.15) is 6.54 Å². The summed E-state index contributed by atoms with van der Waals surface area (Å²) in [5.41, 5.74) is 3.56. The average molecular weight is 314 g/mol. The second-order valence-electron chi connectivity index (χ2n) is 5.59. The molecule has 0 unspecified atom stereocenters. The second-order valence-corrected chi connectivity index (χ2v) is 5.59. The molecule has 0 saturated carbocycles. The molecule has 0 aliphatic carbocycles. The highest BCUT2D eigenvalue weighted by Crippen LogP contribution is 2.10. The Balaban J connectivity index is 2.06. The topological polar surface area (TPSA) is 53.7 Å². The van der Waals surface area contributed by atoms with Crippen LogP contribution in [0.5, 0.6) is 0 Å². The zero-order valence-corrected chi connectivity index (χ0v) is 14.5. The van der Waals surface area contributed by atoms with Crippen molar-refractivity contribution in [1.82, 2.24) is 15.4 Å². The molecule has 2 rings (SSSR count). The van der Waals surface area contributed by atoms with Crippen molar-refractivity contribution >= 4 is 5.96 Å². The van der Waals surface area contributed by atoms with Crippen molar-refractivity contribution in [1.29, 1.82) is 0 Å². The number of hydrogen-bond acceptors (Lipinski definition) is 3. The van der Waals surface area contributed by atoms with Crippen molar-refractivity contribution in [3.63, 3.8) is 0 Å². The Morgan fingerprint density at radius 2 is 2.09 bits per heavy atom. The van der Waals surface area contributed by atoms with Gasteiger partial charge in [-0.05, 0) is 31.4 Å². The summed E-state index contributed by atoms with van der Waals surface area (Å²) in [5.74, 6) is 1.66. The lowest BCUT2D eigenvalue weighted by Gasteiger charge is -2.22. The zero-order chi connectivity index (χ0) is 16.7. The van der Waals surface area contributed by atoms with Gasteiger partial charge in [-0.15, -0.1) is 0 Å². The van der Waals surface area contributed by atoms with Gasteiger partial charge in [0.25, 0.3) is 0 Å². The Bertz CT molecular complexity index is 648. The molecule has 5 heteroatoms. The second kappa shape index (κ2) is 8.36. The van der Waals surface area contributed by atoms with Crippen molar-refractivity contribution in [2.45, 2.75) is 40.3 Å². The molecule has 23 heavy (non-hydrogen) atoms. The van der Waals surface area contributed by atoms with Gasteiger partial charge < -0.3 is 14.7 Å². The Morgan fingerprint density at radius 1 is 1.30 bits per heavy atom. The van der Waals surface area contributed by atoms with Gasteiger partial charge in [-0.3, -0.25) is 0 Å². The molecule has 0 spiro atoms. The number of hydrogen-bond donors (Lipinski definition) is 1. The van der Waals surface area contributed by atoms with Crippen LogP contribution in [0.4, 0.5) is 0 Å². The molecular weight excluding hydrogens is 288 g/mol. The maximum atomic E-state index is 5.30. The molecule has 1 aromatic carbocycles. The Labute approximate surface area is 138 Å². The lowest BCUT2D eigenvalue weighted by molar-refractivity contribution is 0.378. The molecule has 124 valence electrons. The third kappa shape index (κ3) is 4.84. The van der Waals surface area contributed by atoms with Crippen LogP contribution < -0.4 is 5.32 Å². The Hall–Kier alpha value is -2.30. The number of benzene rings is 1. The molecule has 2 aromatic rings. The van der Waals surface area contributed by atoms with Crippen molar-refractivity contribution in [2.75, 3.05) is 13.6 Å². The smallest absolute Gasteiger partial charge is 0.194 e. The first-order valence-electron chi connectivity index (χ1n) is 8.12. The van der Waals surface area contributed by atoms with E-state index in [0.29, 0.717) is 6.54 Å². The molecule has 0 aliphatic rings. The van der Waals surface area contributed by atoms with Crippen LogP contribution in [-0.2, 0) is 19.5 Å². The Morgan fingerprint density at radius 3 is 2.74 bits per heavy atom. The summed E-state index contributed by atoms with van der Waals surface area (Å²) in [6.07, 6.45) is 0.875. The predicted molar refractivity (Wildman–Crippen MR) is 93.3 cm³/mol. The number of aromatic nitrogens is 1. The molecular formula is C18H26N4O. The van der Waals surface area contributed by atoms with Crippen molar-refractivity contribution in [3.8, 4) is 0 Å². The minimum Gasteiger partial charge on any atom is -0.359 e. The van der Waals surface area contributed by atoms with Crippen LogP contribution in [0.25, 0.3) is 0 Å². The predicted octanol–water partition coefficient (Wildman–Crippen LogP) is 3.14. The number of nitrogens with zero attached hydrogens (tertiary/aromatic N) is 3. The minimum absolute atomic E-state index is 0.493. The standard InChI is InChI=1S/C18H26N4O/c1-5-16-11-17(23-21-16)12-20-18(19-6-2)22(4)13-15-10-8-7-9-14(15)3/h7-11H,5-6,12-13H2,1-4H3,(H,19,20). The van der Waals surface area contributed by atoms with E-state index in [1.54, 1.807) is 0 Å². The van der Waals surface area contributed by atoms with E-state index in [-0.39, 0.29) is 0 Å². The molecule has 0 saturated heterocycles. The normalized spacial score (nSPS) is 11.6. The molecule has 5 nitrogen and oxygen atoms in total. The maximum Gasteiger partial charge on any atom is 0.194 e. The first-order valence-corrected chi connectivity index (χ1v) is 8.12. The van der Waals surface area contributed by atoms with E-state index in [9.17, 15) is 0 Å². The molecule has 0 amide bonds. The van der Waals surface area contributed by atoms with Gasteiger partial charge in [0.05, 0.1) is 5.69 Å². The van der Waals surface area contributed by atoms with Crippen molar-refractivity contribution in [2.24, 2.45) is 4.99 Å². The summed E-state index contributed by atoms with van der Waals surface area (Å²) < 4.78 is 5.30. The molecule has 0 radical (unpaired) electrons.